The number of thiophene rings is 1. The Balaban J connectivity index is 3.39. The normalized spacial score (nSPS) is 9.64. The van der Waals surface area contributed by atoms with Gasteiger partial charge in [-0.15, -0.1) is 36.6 Å². The molecule has 0 amide bonds. The predicted molar refractivity (Wildman–Crippen MR) is 54.6 cm³/mol. The first-order chi connectivity index (χ1) is 5.20. The van der Waals surface area contributed by atoms with Crippen molar-refractivity contribution in [3.8, 4) is 0 Å². The van der Waals surface area contributed by atoms with Gasteiger partial charge in [0.1, 0.15) is 0 Å². The van der Waals surface area contributed by atoms with Crippen molar-refractivity contribution in [3.63, 3.8) is 0 Å². The summed E-state index contributed by atoms with van der Waals surface area (Å²) in [5, 5.41) is 14.1. The maximum atomic E-state index is 7.04. The number of nitrogens with one attached hydrogen (secondary N) is 2. The fourth-order valence-electron chi connectivity index (χ4n) is 0.711. The van der Waals surface area contributed by atoms with Crippen LogP contribution in [0.3, 0.4) is 0 Å². The molecule has 1 heterocycles. The average Bonchev–Trinajstić information content (AvgIpc) is 2.24. The summed E-state index contributed by atoms with van der Waals surface area (Å²) >= 11 is 9.65. The highest BCUT2D eigenvalue weighted by atomic mass is 32.2. The zero-order chi connectivity index (χ0) is 8.43. The Morgan fingerprint density at radius 3 is 1.64 bits per heavy atom. The van der Waals surface area contributed by atoms with Crippen molar-refractivity contribution in [1.29, 1.82) is 10.8 Å². The number of hydrogen-bond acceptors (Lipinski definition) is 5. The van der Waals surface area contributed by atoms with Gasteiger partial charge >= 0.3 is 0 Å². The fraction of sp³-hybridized carbons (Fsp3) is 0. The highest BCUT2D eigenvalue weighted by Crippen LogP contribution is 2.31. The van der Waals surface area contributed by atoms with E-state index in [-0.39, 0.29) is 0 Å². The largest absolute Gasteiger partial charge is 0.308 e. The first-order valence-electron chi connectivity index (χ1n) is 2.76. The molecular weight excluding hydrogens is 196 g/mol. The van der Waals surface area contributed by atoms with E-state index in [1.807, 2.05) is 0 Å². The van der Waals surface area contributed by atoms with Crippen LogP contribution in [0.2, 0.25) is 0 Å². The highest BCUT2D eigenvalue weighted by Gasteiger charge is 2.09. The molecule has 0 unspecified atom stereocenters. The zero-order valence-corrected chi connectivity index (χ0v) is 8.06. The van der Waals surface area contributed by atoms with Gasteiger partial charge in [-0.2, -0.15) is 0 Å². The first-order valence-corrected chi connectivity index (χ1v) is 4.47. The fourth-order valence-corrected chi connectivity index (χ4v) is 2.59. The maximum Gasteiger partial charge on any atom is 0.0674 e. The van der Waals surface area contributed by atoms with Gasteiger partial charge in [-0.25, -0.2) is 0 Å². The molecule has 1 rings (SSSR count). The molecule has 11 heavy (non-hydrogen) atoms. The lowest BCUT2D eigenvalue weighted by Crippen LogP contribution is -1.85. The summed E-state index contributed by atoms with van der Waals surface area (Å²) in [5.74, 6) is 0. The zero-order valence-electron chi connectivity index (χ0n) is 5.46. The summed E-state index contributed by atoms with van der Waals surface area (Å²) in [6, 6.07) is 0. The Labute approximate surface area is 79.5 Å². The monoisotopic (exact) mass is 202 g/mol. The van der Waals surface area contributed by atoms with Gasteiger partial charge < -0.3 is 10.8 Å². The van der Waals surface area contributed by atoms with E-state index in [9.17, 15) is 0 Å². The second kappa shape index (κ2) is 3.42. The number of thiol groups is 2. The molecule has 58 valence electrons. The van der Waals surface area contributed by atoms with E-state index in [0.29, 0.717) is 11.1 Å². The van der Waals surface area contributed by atoms with Gasteiger partial charge in [-0.3, -0.25) is 0 Å². The predicted octanol–water partition coefficient (Wildman–Crippen LogP) is 2.32. The summed E-state index contributed by atoms with van der Waals surface area (Å²) in [5.41, 5.74) is 1.36. The first kappa shape index (κ1) is 8.83. The number of rotatable bonds is 2. The molecule has 0 spiro atoms. The van der Waals surface area contributed by atoms with E-state index in [1.54, 1.807) is 0 Å². The van der Waals surface area contributed by atoms with Crippen molar-refractivity contribution in [2.75, 3.05) is 0 Å². The second-order valence-electron chi connectivity index (χ2n) is 1.83. The van der Waals surface area contributed by atoms with E-state index < -0.39 is 0 Å². The van der Waals surface area contributed by atoms with Crippen LogP contribution < -0.4 is 0 Å². The van der Waals surface area contributed by atoms with E-state index in [1.165, 1.54) is 23.8 Å². The molecule has 0 aliphatic heterocycles. The van der Waals surface area contributed by atoms with Crippen LogP contribution in [0.15, 0.2) is 8.42 Å². The second-order valence-corrected chi connectivity index (χ2v) is 4.35. The Hall–Kier alpha value is -0.260. The van der Waals surface area contributed by atoms with Gasteiger partial charge in [0, 0.05) is 23.6 Å². The lowest BCUT2D eigenvalue weighted by Gasteiger charge is -1.89. The van der Waals surface area contributed by atoms with Gasteiger partial charge in [0.05, 0.1) is 8.42 Å². The van der Waals surface area contributed by atoms with Crippen LogP contribution in [-0.4, -0.2) is 12.4 Å². The maximum absolute atomic E-state index is 7.04. The highest BCUT2D eigenvalue weighted by molar-refractivity contribution is 7.86. The van der Waals surface area contributed by atoms with Crippen LogP contribution in [0.5, 0.6) is 0 Å². The van der Waals surface area contributed by atoms with Crippen LogP contribution in [0.4, 0.5) is 0 Å². The Morgan fingerprint density at radius 2 is 1.36 bits per heavy atom. The molecule has 0 aromatic carbocycles. The summed E-state index contributed by atoms with van der Waals surface area (Å²) in [6.07, 6.45) is 2.39. The lowest BCUT2D eigenvalue weighted by atomic mass is 10.2. The third-order valence-corrected chi connectivity index (χ3v) is 3.09. The molecule has 1 aromatic heterocycles. The quantitative estimate of drug-likeness (QED) is 0.420. The standard InChI is InChI=1S/C6H6N2S3/c7-1-3-4(2-8)6(10)11-5(3)9/h1-2,7-10H. The van der Waals surface area contributed by atoms with Crippen LogP contribution in [0.1, 0.15) is 11.1 Å². The van der Waals surface area contributed by atoms with Crippen LogP contribution >= 0.6 is 36.6 Å². The third kappa shape index (κ3) is 1.50. The van der Waals surface area contributed by atoms with Crippen molar-refractivity contribution in [3.05, 3.63) is 11.1 Å². The molecule has 0 aliphatic carbocycles. The Bertz CT molecular complexity index is 275. The third-order valence-electron chi connectivity index (χ3n) is 1.23. The summed E-state index contributed by atoms with van der Waals surface area (Å²) < 4.78 is 1.48. The minimum Gasteiger partial charge on any atom is -0.308 e. The molecule has 5 heteroatoms. The van der Waals surface area contributed by atoms with E-state index >= 15 is 0 Å². The van der Waals surface area contributed by atoms with Gasteiger partial charge in [-0.1, -0.05) is 0 Å². The van der Waals surface area contributed by atoms with Crippen molar-refractivity contribution in [2.45, 2.75) is 8.42 Å². The lowest BCUT2D eigenvalue weighted by molar-refractivity contribution is 1.48. The molecule has 0 saturated heterocycles. The molecule has 0 bridgehead atoms. The Kier molecular flexibility index (Phi) is 2.75. The minimum atomic E-state index is 0.679. The van der Waals surface area contributed by atoms with Gasteiger partial charge in [0.25, 0.3) is 0 Å². The molecule has 2 nitrogen and oxygen atoms in total. The van der Waals surface area contributed by atoms with Crippen molar-refractivity contribution >= 4 is 49.0 Å². The molecule has 0 fully saturated rings. The van der Waals surface area contributed by atoms with Crippen LogP contribution in [0.25, 0.3) is 0 Å². The molecule has 0 atom stereocenters. The SMILES string of the molecule is N=Cc1c(S)sc(S)c1C=N. The smallest absolute Gasteiger partial charge is 0.0674 e. The van der Waals surface area contributed by atoms with Gasteiger partial charge in [0.15, 0.2) is 0 Å². The van der Waals surface area contributed by atoms with E-state index in [2.05, 4.69) is 25.3 Å². The number of hydrogen-bond donors (Lipinski definition) is 4. The minimum absolute atomic E-state index is 0.679. The molecule has 2 N–H and O–H groups in total. The molecule has 0 radical (unpaired) electrons. The van der Waals surface area contributed by atoms with Crippen molar-refractivity contribution in [2.24, 2.45) is 0 Å². The van der Waals surface area contributed by atoms with Crippen LogP contribution in [0, 0.1) is 10.8 Å². The van der Waals surface area contributed by atoms with Crippen molar-refractivity contribution in [1.82, 2.24) is 0 Å². The molecule has 0 saturated carbocycles. The topological polar surface area (TPSA) is 47.7 Å². The van der Waals surface area contributed by atoms with E-state index in [0.717, 1.165) is 8.42 Å². The molecule has 1 aromatic rings. The van der Waals surface area contributed by atoms with Crippen LogP contribution in [-0.2, 0) is 0 Å². The molecule has 0 aliphatic rings. The summed E-state index contributed by atoms with van der Waals surface area (Å²) in [7, 11) is 0. The Morgan fingerprint density at radius 1 is 1.00 bits per heavy atom. The average molecular weight is 202 g/mol. The van der Waals surface area contributed by atoms with E-state index in [4.69, 9.17) is 10.8 Å². The summed E-state index contributed by atoms with van der Waals surface area (Å²) in [6.45, 7) is 0. The van der Waals surface area contributed by atoms with Crippen molar-refractivity contribution < 1.29 is 0 Å². The summed E-state index contributed by atoms with van der Waals surface area (Å²) in [4.78, 5) is 0. The van der Waals surface area contributed by atoms with Gasteiger partial charge in [0.2, 0.25) is 0 Å². The molecular formula is C6H6N2S3. The van der Waals surface area contributed by atoms with Gasteiger partial charge in [-0.05, 0) is 0 Å².